The Kier molecular flexibility index (Phi) is 4.11. The molecule has 0 bridgehead atoms. The molecule has 2 rings (SSSR count). The van der Waals surface area contributed by atoms with Crippen LogP contribution in [0.15, 0.2) is 18.3 Å². The maximum absolute atomic E-state index is 11.9. The van der Waals surface area contributed by atoms with Gasteiger partial charge in [0.25, 0.3) is 5.91 Å². The van der Waals surface area contributed by atoms with Crippen LogP contribution in [0.25, 0.3) is 0 Å². The van der Waals surface area contributed by atoms with Crippen LogP contribution in [0.4, 0.5) is 5.82 Å². The third-order valence-corrected chi connectivity index (χ3v) is 3.34. The number of anilines is 1. The quantitative estimate of drug-likeness (QED) is 0.524. The van der Waals surface area contributed by atoms with E-state index in [0.717, 1.165) is 13.0 Å². The highest BCUT2D eigenvalue weighted by molar-refractivity contribution is 5.94. The fourth-order valence-electron chi connectivity index (χ4n) is 2.16. The molecule has 1 amide bonds. The third kappa shape index (κ3) is 2.96. The predicted molar refractivity (Wildman–Crippen MR) is 70.0 cm³/mol. The fourth-order valence-corrected chi connectivity index (χ4v) is 2.16. The molecule has 1 aromatic rings. The first kappa shape index (κ1) is 12.8. The summed E-state index contributed by atoms with van der Waals surface area (Å²) in [5.74, 6) is 5.67. The molecule has 1 aliphatic heterocycles. The molecule has 0 radical (unpaired) electrons. The van der Waals surface area contributed by atoms with Crippen LogP contribution < -0.4 is 16.6 Å². The Balaban J connectivity index is 1.87. The summed E-state index contributed by atoms with van der Waals surface area (Å²) in [7, 11) is 2.09. The lowest BCUT2D eigenvalue weighted by Crippen LogP contribution is -2.38. The monoisotopic (exact) mass is 249 g/mol. The van der Waals surface area contributed by atoms with Crippen molar-refractivity contribution < 1.29 is 4.79 Å². The number of rotatable bonds is 4. The summed E-state index contributed by atoms with van der Waals surface area (Å²) in [5.41, 5.74) is 2.98. The van der Waals surface area contributed by atoms with E-state index in [9.17, 15) is 4.79 Å². The molecule has 0 aliphatic carbocycles. The van der Waals surface area contributed by atoms with Crippen molar-refractivity contribution in [2.24, 2.45) is 5.84 Å². The molecule has 4 N–H and O–H groups in total. The first-order chi connectivity index (χ1) is 8.70. The Hall–Kier alpha value is -1.66. The lowest BCUT2D eigenvalue weighted by atomic mass is 10.2. The highest BCUT2D eigenvalue weighted by Gasteiger charge is 2.21. The molecule has 18 heavy (non-hydrogen) atoms. The Morgan fingerprint density at radius 2 is 2.44 bits per heavy atom. The van der Waals surface area contributed by atoms with E-state index >= 15 is 0 Å². The standard InChI is InChI=1S/C12H19N5O/c1-17-6-2-3-10(17)8-15-12(18)9-4-5-11(16-13)14-7-9/h4-5,7,10H,2-3,6,8,13H2,1H3,(H,14,16)(H,15,18). The minimum atomic E-state index is -0.0913. The zero-order valence-electron chi connectivity index (χ0n) is 10.5. The van der Waals surface area contributed by atoms with Crippen LogP contribution in [0.2, 0.25) is 0 Å². The number of nitrogens with one attached hydrogen (secondary N) is 2. The van der Waals surface area contributed by atoms with Gasteiger partial charge in [-0.1, -0.05) is 0 Å². The van der Waals surface area contributed by atoms with Crippen molar-refractivity contribution in [2.45, 2.75) is 18.9 Å². The van der Waals surface area contributed by atoms with Crippen molar-refractivity contribution in [3.05, 3.63) is 23.9 Å². The number of hydrazine groups is 1. The molecule has 6 nitrogen and oxygen atoms in total. The molecular weight excluding hydrogens is 230 g/mol. The molecule has 1 unspecified atom stereocenters. The molecule has 0 saturated carbocycles. The highest BCUT2D eigenvalue weighted by atomic mass is 16.1. The fraction of sp³-hybridized carbons (Fsp3) is 0.500. The molecule has 1 aromatic heterocycles. The van der Waals surface area contributed by atoms with Crippen molar-refractivity contribution >= 4 is 11.7 Å². The van der Waals surface area contributed by atoms with Crippen LogP contribution in [0.3, 0.4) is 0 Å². The van der Waals surface area contributed by atoms with Crippen molar-refractivity contribution in [2.75, 3.05) is 25.6 Å². The first-order valence-corrected chi connectivity index (χ1v) is 6.12. The van der Waals surface area contributed by atoms with Gasteiger partial charge in [-0.15, -0.1) is 0 Å². The molecule has 1 atom stereocenters. The minimum absolute atomic E-state index is 0.0913. The van der Waals surface area contributed by atoms with Crippen LogP contribution in [0.1, 0.15) is 23.2 Å². The lowest BCUT2D eigenvalue weighted by molar-refractivity contribution is 0.0943. The number of hydrogen-bond donors (Lipinski definition) is 3. The van der Waals surface area contributed by atoms with E-state index in [0.29, 0.717) is 24.0 Å². The van der Waals surface area contributed by atoms with E-state index in [1.54, 1.807) is 12.1 Å². The van der Waals surface area contributed by atoms with Crippen LogP contribution >= 0.6 is 0 Å². The van der Waals surface area contributed by atoms with E-state index in [4.69, 9.17) is 5.84 Å². The van der Waals surface area contributed by atoms with Gasteiger partial charge in [-0.2, -0.15) is 0 Å². The summed E-state index contributed by atoms with van der Waals surface area (Å²) < 4.78 is 0. The smallest absolute Gasteiger partial charge is 0.252 e. The Bertz CT molecular complexity index is 405. The predicted octanol–water partition coefficient (Wildman–Crippen LogP) is 0.191. The number of aromatic nitrogens is 1. The number of carbonyl (C=O) groups excluding carboxylic acids is 1. The van der Waals surface area contributed by atoms with E-state index in [1.807, 2.05) is 0 Å². The number of hydrogen-bond acceptors (Lipinski definition) is 5. The van der Waals surface area contributed by atoms with Gasteiger partial charge in [0.1, 0.15) is 5.82 Å². The number of pyridine rings is 1. The zero-order chi connectivity index (χ0) is 13.0. The number of nitrogen functional groups attached to an aromatic ring is 1. The number of nitrogens with two attached hydrogens (primary N) is 1. The summed E-state index contributed by atoms with van der Waals surface area (Å²) in [6, 6.07) is 3.83. The van der Waals surface area contributed by atoms with Gasteiger partial charge in [-0.25, -0.2) is 10.8 Å². The van der Waals surface area contributed by atoms with Crippen molar-refractivity contribution in [1.29, 1.82) is 0 Å². The first-order valence-electron chi connectivity index (χ1n) is 6.12. The van der Waals surface area contributed by atoms with Crippen molar-refractivity contribution in [3.63, 3.8) is 0 Å². The normalized spacial score (nSPS) is 19.8. The number of likely N-dealkylation sites (tertiary alicyclic amines) is 1. The number of nitrogens with zero attached hydrogens (tertiary/aromatic N) is 2. The number of amides is 1. The molecule has 1 fully saturated rings. The van der Waals surface area contributed by atoms with Gasteiger partial charge in [0.05, 0.1) is 5.56 Å². The lowest BCUT2D eigenvalue weighted by Gasteiger charge is -2.19. The Labute approximate surface area is 107 Å². The number of carbonyl (C=O) groups is 1. The summed E-state index contributed by atoms with van der Waals surface area (Å²) in [6.45, 7) is 1.80. The topological polar surface area (TPSA) is 83.3 Å². The third-order valence-electron chi connectivity index (χ3n) is 3.34. The maximum Gasteiger partial charge on any atom is 0.252 e. The van der Waals surface area contributed by atoms with Gasteiger partial charge < -0.3 is 15.6 Å². The van der Waals surface area contributed by atoms with Gasteiger partial charge >= 0.3 is 0 Å². The van der Waals surface area contributed by atoms with Gasteiger partial charge in [-0.05, 0) is 38.6 Å². The summed E-state index contributed by atoms with van der Waals surface area (Å²) >= 11 is 0. The van der Waals surface area contributed by atoms with Crippen LogP contribution in [-0.4, -0.2) is 42.0 Å². The second kappa shape index (κ2) is 5.79. The average molecular weight is 249 g/mol. The van der Waals surface area contributed by atoms with E-state index < -0.39 is 0 Å². The highest BCUT2D eigenvalue weighted by Crippen LogP contribution is 2.13. The van der Waals surface area contributed by atoms with Gasteiger partial charge in [0, 0.05) is 18.8 Å². The minimum Gasteiger partial charge on any atom is -0.350 e. The van der Waals surface area contributed by atoms with Crippen LogP contribution in [0, 0.1) is 0 Å². The van der Waals surface area contributed by atoms with Gasteiger partial charge in [-0.3, -0.25) is 4.79 Å². The Morgan fingerprint density at radius 3 is 3.00 bits per heavy atom. The average Bonchev–Trinajstić information content (AvgIpc) is 2.81. The molecule has 6 heteroatoms. The molecule has 0 spiro atoms. The molecule has 1 saturated heterocycles. The number of likely N-dealkylation sites (N-methyl/N-ethyl adjacent to an activating group) is 1. The second-order valence-corrected chi connectivity index (χ2v) is 4.56. The largest absolute Gasteiger partial charge is 0.350 e. The van der Waals surface area contributed by atoms with Crippen molar-refractivity contribution in [3.8, 4) is 0 Å². The van der Waals surface area contributed by atoms with E-state index in [-0.39, 0.29) is 5.91 Å². The molecule has 0 aromatic carbocycles. The summed E-state index contributed by atoms with van der Waals surface area (Å²) in [4.78, 5) is 18.2. The zero-order valence-corrected chi connectivity index (χ0v) is 10.5. The molecule has 98 valence electrons. The molecule has 2 heterocycles. The molecular formula is C12H19N5O. The molecule has 1 aliphatic rings. The Morgan fingerprint density at radius 1 is 1.61 bits per heavy atom. The maximum atomic E-state index is 11.9. The SMILES string of the molecule is CN1CCCC1CNC(=O)c1ccc(NN)nc1. The van der Waals surface area contributed by atoms with E-state index in [2.05, 4.69) is 27.7 Å². The van der Waals surface area contributed by atoms with Crippen LogP contribution in [0.5, 0.6) is 0 Å². The summed E-state index contributed by atoms with van der Waals surface area (Å²) in [6.07, 6.45) is 3.86. The van der Waals surface area contributed by atoms with Crippen molar-refractivity contribution in [1.82, 2.24) is 15.2 Å². The second-order valence-electron chi connectivity index (χ2n) is 4.56. The van der Waals surface area contributed by atoms with Crippen LogP contribution in [-0.2, 0) is 0 Å². The van der Waals surface area contributed by atoms with Gasteiger partial charge in [0.15, 0.2) is 0 Å². The van der Waals surface area contributed by atoms with Gasteiger partial charge in [0.2, 0.25) is 0 Å². The summed E-state index contributed by atoms with van der Waals surface area (Å²) in [5, 5.41) is 2.94. The van der Waals surface area contributed by atoms with E-state index in [1.165, 1.54) is 12.6 Å².